The average molecular weight is 375 g/mol. The zero-order chi connectivity index (χ0) is 18.7. The standard InChI is InChI=1S/C16H15ClN6O3/c1-11(22-10-14(8-18-22)23(25)26)16(24)19-15-6-7-21(20-15)9-12-2-4-13(17)5-3-12/h2-8,10-11H,9H2,1H3,(H,19,20,24). The summed E-state index contributed by atoms with van der Waals surface area (Å²) in [5, 5.41) is 22.2. The predicted octanol–water partition coefficient (Wildman–Crippen LogP) is 2.89. The van der Waals surface area contributed by atoms with Crippen LogP contribution in [0.5, 0.6) is 0 Å². The number of hydrogen-bond donors (Lipinski definition) is 1. The third kappa shape index (κ3) is 4.06. The van der Waals surface area contributed by atoms with Gasteiger partial charge in [-0.1, -0.05) is 23.7 Å². The van der Waals surface area contributed by atoms with Gasteiger partial charge in [0.2, 0.25) is 5.91 Å². The van der Waals surface area contributed by atoms with Gasteiger partial charge in [0, 0.05) is 17.3 Å². The maximum atomic E-state index is 12.3. The van der Waals surface area contributed by atoms with Crippen molar-refractivity contribution in [2.75, 3.05) is 5.32 Å². The summed E-state index contributed by atoms with van der Waals surface area (Å²) in [4.78, 5) is 22.4. The maximum Gasteiger partial charge on any atom is 0.307 e. The van der Waals surface area contributed by atoms with Crippen LogP contribution >= 0.6 is 11.6 Å². The third-order valence-electron chi connectivity index (χ3n) is 3.72. The molecule has 0 aliphatic carbocycles. The Morgan fingerprint density at radius 1 is 1.35 bits per heavy atom. The summed E-state index contributed by atoms with van der Waals surface area (Å²) >= 11 is 5.86. The Morgan fingerprint density at radius 2 is 2.08 bits per heavy atom. The largest absolute Gasteiger partial charge is 0.307 e. The molecule has 1 N–H and O–H groups in total. The number of rotatable bonds is 6. The zero-order valence-corrected chi connectivity index (χ0v) is 14.5. The minimum atomic E-state index is -0.717. The van der Waals surface area contributed by atoms with E-state index in [1.807, 2.05) is 12.1 Å². The molecular weight excluding hydrogens is 360 g/mol. The van der Waals surface area contributed by atoms with Gasteiger partial charge in [0.25, 0.3) is 0 Å². The number of nitrogens with one attached hydrogen (secondary N) is 1. The number of anilines is 1. The first-order valence-corrected chi connectivity index (χ1v) is 8.07. The summed E-state index contributed by atoms with van der Waals surface area (Å²) in [6.07, 6.45) is 4.06. The summed E-state index contributed by atoms with van der Waals surface area (Å²) in [6.45, 7) is 2.13. The molecule has 1 aromatic carbocycles. The number of nitro groups is 1. The van der Waals surface area contributed by atoms with E-state index in [1.165, 1.54) is 10.9 Å². The van der Waals surface area contributed by atoms with Crippen LogP contribution in [0.15, 0.2) is 48.9 Å². The number of hydrogen-bond acceptors (Lipinski definition) is 5. The molecule has 1 atom stereocenters. The Balaban J connectivity index is 1.63. The van der Waals surface area contributed by atoms with Crippen LogP contribution in [0.4, 0.5) is 11.5 Å². The highest BCUT2D eigenvalue weighted by molar-refractivity contribution is 6.30. The zero-order valence-electron chi connectivity index (χ0n) is 13.7. The van der Waals surface area contributed by atoms with E-state index in [0.29, 0.717) is 17.4 Å². The van der Waals surface area contributed by atoms with Crippen molar-refractivity contribution in [2.24, 2.45) is 0 Å². The first-order chi connectivity index (χ1) is 12.4. The second kappa shape index (κ2) is 7.36. The van der Waals surface area contributed by atoms with E-state index in [4.69, 9.17) is 11.6 Å². The number of aromatic nitrogens is 4. The minimum Gasteiger partial charge on any atom is -0.307 e. The van der Waals surface area contributed by atoms with E-state index >= 15 is 0 Å². The first-order valence-electron chi connectivity index (χ1n) is 7.69. The van der Waals surface area contributed by atoms with Crippen molar-refractivity contribution in [2.45, 2.75) is 19.5 Å². The molecule has 0 saturated carbocycles. The smallest absolute Gasteiger partial charge is 0.307 e. The highest BCUT2D eigenvalue weighted by Gasteiger charge is 2.19. The summed E-state index contributed by atoms with van der Waals surface area (Å²) in [5.41, 5.74) is 0.851. The summed E-state index contributed by atoms with van der Waals surface area (Å²) in [6, 6.07) is 8.35. The number of carbonyl (C=O) groups is 1. The average Bonchev–Trinajstić information content (AvgIpc) is 3.26. The van der Waals surface area contributed by atoms with Crippen LogP contribution in [-0.2, 0) is 11.3 Å². The third-order valence-corrected chi connectivity index (χ3v) is 3.98. The molecule has 2 aromatic heterocycles. The molecule has 2 heterocycles. The van der Waals surface area contributed by atoms with Crippen LogP contribution in [0.3, 0.4) is 0 Å². The molecule has 3 aromatic rings. The molecule has 26 heavy (non-hydrogen) atoms. The van der Waals surface area contributed by atoms with Gasteiger partial charge < -0.3 is 5.32 Å². The van der Waals surface area contributed by atoms with E-state index in [2.05, 4.69) is 15.5 Å². The Morgan fingerprint density at radius 3 is 2.73 bits per heavy atom. The molecule has 9 nitrogen and oxygen atoms in total. The van der Waals surface area contributed by atoms with Gasteiger partial charge in [0.05, 0.1) is 11.5 Å². The molecule has 0 bridgehead atoms. The maximum absolute atomic E-state index is 12.3. The molecule has 0 fully saturated rings. The number of benzene rings is 1. The molecule has 0 aliphatic rings. The number of halogens is 1. The van der Waals surface area contributed by atoms with Gasteiger partial charge in [-0.25, -0.2) is 0 Å². The molecule has 0 saturated heterocycles. The van der Waals surface area contributed by atoms with E-state index in [-0.39, 0.29) is 11.6 Å². The van der Waals surface area contributed by atoms with Gasteiger partial charge in [-0.05, 0) is 24.6 Å². The fourth-order valence-electron chi connectivity index (χ4n) is 2.28. The highest BCUT2D eigenvalue weighted by atomic mass is 35.5. The Hall–Kier alpha value is -3.20. The fourth-order valence-corrected chi connectivity index (χ4v) is 2.40. The van der Waals surface area contributed by atoms with Crippen LogP contribution in [-0.4, -0.2) is 30.4 Å². The lowest BCUT2D eigenvalue weighted by Crippen LogP contribution is -2.24. The van der Waals surface area contributed by atoms with Crippen molar-refractivity contribution < 1.29 is 9.72 Å². The Bertz CT molecular complexity index is 934. The molecule has 10 heteroatoms. The van der Waals surface area contributed by atoms with E-state index < -0.39 is 11.0 Å². The normalized spacial score (nSPS) is 11.9. The number of amides is 1. The van der Waals surface area contributed by atoms with Crippen LogP contribution < -0.4 is 5.32 Å². The second-order valence-corrected chi connectivity index (χ2v) is 6.06. The van der Waals surface area contributed by atoms with Gasteiger partial charge in [0.1, 0.15) is 18.4 Å². The van der Waals surface area contributed by atoms with Gasteiger partial charge in [-0.3, -0.25) is 24.3 Å². The first kappa shape index (κ1) is 17.6. The lowest BCUT2D eigenvalue weighted by Gasteiger charge is -2.10. The Kier molecular flexibility index (Phi) is 4.99. The quantitative estimate of drug-likeness (QED) is 0.527. The van der Waals surface area contributed by atoms with Crippen LogP contribution in [0.25, 0.3) is 0 Å². The molecule has 1 amide bonds. The van der Waals surface area contributed by atoms with E-state index in [9.17, 15) is 14.9 Å². The SMILES string of the molecule is CC(C(=O)Nc1ccn(Cc2ccc(Cl)cc2)n1)n1cc([N+](=O)[O-])cn1. The number of nitrogens with zero attached hydrogens (tertiary/aromatic N) is 5. The van der Waals surface area contributed by atoms with Crippen molar-refractivity contribution in [1.29, 1.82) is 0 Å². The lowest BCUT2D eigenvalue weighted by atomic mass is 10.2. The van der Waals surface area contributed by atoms with Crippen LogP contribution in [0, 0.1) is 10.1 Å². The van der Waals surface area contributed by atoms with Crippen LogP contribution in [0.2, 0.25) is 5.02 Å². The molecule has 0 aliphatic heterocycles. The van der Waals surface area contributed by atoms with Crippen molar-refractivity contribution in [3.8, 4) is 0 Å². The van der Waals surface area contributed by atoms with Gasteiger partial charge in [-0.15, -0.1) is 0 Å². The van der Waals surface area contributed by atoms with Gasteiger partial charge in [-0.2, -0.15) is 10.2 Å². The molecule has 3 rings (SSSR count). The van der Waals surface area contributed by atoms with Crippen molar-refractivity contribution in [3.63, 3.8) is 0 Å². The second-order valence-electron chi connectivity index (χ2n) is 5.63. The summed E-state index contributed by atoms with van der Waals surface area (Å²) in [7, 11) is 0. The van der Waals surface area contributed by atoms with Crippen molar-refractivity contribution in [1.82, 2.24) is 19.6 Å². The number of carbonyl (C=O) groups excluding carboxylic acids is 1. The molecular formula is C16H15ClN6O3. The van der Waals surface area contributed by atoms with Gasteiger partial charge >= 0.3 is 5.69 Å². The highest BCUT2D eigenvalue weighted by Crippen LogP contribution is 2.15. The Labute approximate surface area is 153 Å². The molecule has 134 valence electrons. The van der Waals surface area contributed by atoms with Crippen LogP contribution in [0.1, 0.15) is 18.5 Å². The summed E-state index contributed by atoms with van der Waals surface area (Å²) < 4.78 is 2.92. The fraction of sp³-hybridized carbons (Fsp3) is 0.188. The van der Waals surface area contributed by atoms with Crippen molar-refractivity contribution >= 4 is 29.0 Å². The van der Waals surface area contributed by atoms with Crippen molar-refractivity contribution in [3.05, 3.63) is 69.6 Å². The topological polar surface area (TPSA) is 108 Å². The van der Waals surface area contributed by atoms with E-state index in [0.717, 1.165) is 11.8 Å². The minimum absolute atomic E-state index is 0.170. The lowest BCUT2D eigenvalue weighted by molar-refractivity contribution is -0.385. The molecule has 1 unspecified atom stereocenters. The molecule has 0 radical (unpaired) electrons. The summed E-state index contributed by atoms with van der Waals surface area (Å²) in [5.74, 6) is 0.0113. The predicted molar refractivity (Wildman–Crippen MR) is 95.0 cm³/mol. The monoisotopic (exact) mass is 374 g/mol. The van der Waals surface area contributed by atoms with E-state index in [1.54, 1.807) is 36.0 Å². The molecule has 0 spiro atoms. The van der Waals surface area contributed by atoms with Gasteiger partial charge in [0.15, 0.2) is 5.82 Å².